The Bertz CT molecular complexity index is 1230. The van der Waals surface area contributed by atoms with E-state index >= 15 is 0 Å². The van der Waals surface area contributed by atoms with E-state index in [1.807, 2.05) is 49.4 Å². The van der Waals surface area contributed by atoms with E-state index in [1.165, 1.54) is 5.56 Å². The van der Waals surface area contributed by atoms with E-state index in [9.17, 15) is 4.79 Å². The molecule has 6 heteroatoms. The molecule has 0 radical (unpaired) electrons. The van der Waals surface area contributed by atoms with Crippen molar-refractivity contribution in [3.63, 3.8) is 0 Å². The highest BCUT2D eigenvalue weighted by Crippen LogP contribution is 2.23. The number of hydrogen-bond donors (Lipinski definition) is 1. The van der Waals surface area contributed by atoms with Crippen LogP contribution in [-0.2, 0) is 22.4 Å². The Morgan fingerprint density at radius 3 is 2.47 bits per heavy atom. The Kier molecular flexibility index (Phi) is 7.38. The summed E-state index contributed by atoms with van der Waals surface area (Å²) in [6.07, 6.45) is 2.66. The van der Waals surface area contributed by atoms with Gasteiger partial charge >= 0.3 is 5.97 Å². The maximum atomic E-state index is 12.8. The van der Waals surface area contributed by atoms with Gasteiger partial charge in [0.1, 0.15) is 23.4 Å². The van der Waals surface area contributed by atoms with E-state index in [-0.39, 0.29) is 5.97 Å². The number of hydrogen-bond acceptors (Lipinski definition) is 6. The summed E-state index contributed by atoms with van der Waals surface area (Å²) in [5.74, 6) is 1.70. The van der Waals surface area contributed by atoms with Gasteiger partial charge in [-0.3, -0.25) is 0 Å². The minimum atomic E-state index is -0.653. The molecule has 1 unspecified atom stereocenters. The Labute approximate surface area is 200 Å². The molecule has 0 aliphatic carbocycles. The quantitative estimate of drug-likeness (QED) is 0.334. The Hall–Kier alpha value is -3.93. The van der Waals surface area contributed by atoms with Crippen LogP contribution in [0.25, 0.3) is 11.3 Å². The summed E-state index contributed by atoms with van der Waals surface area (Å²) in [5, 5.41) is 3.29. The van der Waals surface area contributed by atoms with Gasteiger partial charge in [-0.1, -0.05) is 60.2 Å². The second-order valence-electron chi connectivity index (χ2n) is 8.24. The minimum absolute atomic E-state index is 0.295. The molecule has 0 saturated carbocycles. The highest BCUT2D eigenvalue weighted by Gasteiger charge is 2.24. The average Bonchev–Trinajstić information content (AvgIpc) is 3.25. The molecule has 4 aromatic rings. The lowest BCUT2D eigenvalue weighted by molar-refractivity contribution is -0.144. The largest absolute Gasteiger partial charge is 0.466 e. The van der Waals surface area contributed by atoms with Crippen LogP contribution in [0.2, 0.25) is 0 Å². The number of carbonyl (C=O) groups is 1. The molecule has 0 saturated heterocycles. The van der Waals surface area contributed by atoms with E-state index in [0.717, 1.165) is 28.3 Å². The molecule has 1 N–H and O–H groups in total. The highest BCUT2D eigenvalue weighted by atomic mass is 16.5. The molecule has 174 valence electrons. The van der Waals surface area contributed by atoms with E-state index in [0.29, 0.717) is 31.0 Å². The number of anilines is 1. The van der Waals surface area contributed by atoms with Crippen LogP contribution in [0.15, 0.2) is 77.3 Å². The predicted molar refractivity (Wildman–Crippen MR) is 133 cm³/mol. The zero-order valence-electron chi connectivity index (χ0n) is 19.7. The first-order chi connectivity index (χ1) is 16.5. The van der Waals surface area contributed by atoms with Crippen molar-refractivity contribution in [2.75, 3.05) is 11.9 Å². The smallest absolute Gasteiger partial charge is 0.329 e. The summed E-state index contributed by atoms with van der Waals surface area (Å²) in [4.78, 5) is 22.4. The molecule has 0 aliphatic heterocycles. The molecular formula is C28H29N3O3. The van der Waals surface area contributed by atoms with E-state index in [2.05, 4.69) is 36.5 Å². The number of benzene rings is 2. The molecule has 0 aliphatic rings. The lowest BCUT2D eigenvalue weighted by atomic mass is 10.1. The lowest BCUT2D eigenvalue weighted by Crippen LogP contribution is -2.34. The summed E-state index contributed by atoms with van der Waals surface area (Å²) < 4.78 is 11.0. The van der Waals surface area contributed by atoms with Gasteiger partial charge in [-0.2, -0.15) is 0 Å². The van der Waals surface area contributed by atoms with Crippen LogP contribution in [0.4, 0.5) is 5.82 Å². The zero-order chi connectivity index (χ0) is 23.9. The summed E-state index contributed by atoms with van der Waals surface area (Å²) in [6.45, 7) is 6.02. The third-order valence-corrected chi connectivity index (χ3v) is 5.49. The third kappa shape index (κ3) is 5.90. The van der Waals surface area contributed by atoms with Crippen molar-refractivity contribution in [2.45, 2.75) is 39.7 Å². The van der Waals surface area contributed by atoms with Gasteiger partial charge < -0.3 is 14.5 Å². The fourth-order valence-corrected chi connectivity index (χ4v) is 3.72. The predicted octanol–water partition coefficient (Wildman–Crippen LogP) is 5.53. The number of carbonyl (C=O) groups excluding carboxylic acids is 1. The number of rotatable bonds is 9. The van der Waals surface area contributed by atoms with Crippen molar-refractivity contribution in [3.05, 3.63) is 101 Å². The number of ether oxygens (including phenoxy) is 1. The van der Waals surface area contributed by atoms with Crippen molar-refractivity contribution < 1.29 is 13.9 Å². The monoisotopic (exact) mass is 455 g/mol. The first-order valence-electron chi connectivity index (χ1n) is 11.5. The van der Waals surface area contributed by atoms with Crippen molar-refractivity contribution in [1.82, 2.24) is 9.97 Å². The Morgan fingerprint density at radius 1 is 1.03 bits per heavy atom. The molecule has 0 spiro atoms. The molecule has 0 bridgehead atoms. The SMILES string of the molecule is CCOC(=O)C(Cc1ccc(C)o1)Nc1ncc(-c2ccc(C)cc2)nc1Cc1ccccc1. The van der Waals surface area contributed by atoms with Crippen LogP contribution in [0.3, 0.4) is 0 Å². The topological polar surface area (TPSA) is 77.2 Å². The second kappa shape index (κ2) is 10.8. The van der Waals surface area contributed by atoms with Crippen molar-refractivity contribution in [3.8, 4) is 11.3 Å². The molecule has 2 heterocycles. The van der Waals surface area contributed by atoms with Gasteiger partial charge in [0.2, 0.25) is 0 Å². The molecule has 2 aromatic heterocycles. The number of aryl methyl sites for hydroxylation is 2. The van der Waals surface area contributed by atoms with Gasteiger partial charge in [-0.25, -0.2) is 14.8 Å². The molecule has 6 nitrogen and oxygen atoms in total. The summed E-state index contributed by atoms with van der Waals surface area (Å²) >= 11 is 0. The normalized spacial score (nSPS) is 11.7. The number of aromatic nitrogens is 2. The number of nitrogens with one attached hydrogen (secondary N) is 1. The molecule has 2 aromatic carbocycles. The van der Waals surface area contributed by atoms with Gasteiger partial charge in [-0.15, -0.1) is 0 Å². The minimum Gasteiger partial charge on any atom is -0.466 e. The van der Waals surface area contributed by atoms with Gasteiger partial charge in [-0.05, 0) is 38.5 Å². The first kappa shape index (κ1) is 23.2. The van der Waals surface area contributed by atoms with Gasteiger partial charge in [0.05, 0.1) is 24.2 Å². The van der Waals surface area contributed by atoms with Crippen molar-refractivity contribution in [2.24, 2.45) is 0 Å². The van der Waals surface area contributed by atoms with Crippen molar-refractivity contribution >= 4 is 11.8 Å². The van der Waals surface area contributed by atoms with Gasteiger partial charge in [0.25, 0.3) is 0 Å². The molecule has 4 rings (SSSR count). The highest BCUT2D eigenvalue weighted by molar-refractivity contribution is 5.79. The zero-order valence-corrected chi connectivity index (χ0v) is 19.7. The van der Waals surface area contributed by atoms with E-state index in [4.69, 9.17) is 19.1 Å². The van der Waals surface area contributed by atoms with Gasteiger partial charge in [0.15, 0.2) is 0 Å². The maximum absolute atomic E-state index is 12.8. The first-order valence-corrected chi connectivity index (χ1v) is 11.5. The Balaban J connectivity index is 1.68. The fourth-order valence-electron chi connectivity index (χ4n) is 3.72. The standard InChI is InChI=1S/C28H29N3O3/c1-4-33-28(32)25(17-23-15-12-20(3)34-23)31-27-24(16-21-8-6-5-7-9-21)30-26(18-29-27)22-13-10-19(2)11-14-22/h5-15,18,25H,4,16-17H2,1-3H3,(H,29,31). The number of nitrogens with zero attached hydrogens (tertiary/aromatic N) is 2. The third-order valence-electron chi connectivity index (χ3n) is 5.49. The Morgan fingerprint density at radius 2 is 1.79 bits per heavy atom. The second-order valence-corrected chi connectivity index (χ2v) is 8.24. The summed E-state index contributed by atoms with van der Waals surface area (Å²) in [6, 6.07) is 21.4. The van der Waals surface area contributed by atoms with Crippen LogP contribution in [0.5, 0.6) is 0 Å². The molecular weight excluding hydrogens is 426 g/mol. The molecule has 0 amide bonds. The number of esters is 1. The average molecular weight is 456 g/mol. The van der Waals surface area contributed by atoms with Crippen LogP contribution in [0, 0.1) is 13.8 Å². The summed E-state index contributed by atoms with van der Waals surface area (Å²) in [7, 11) is 0. The van der Waals surface area contributed by atoms with Gasteiger partial charge in [0, 0.05) is 18.4 Å². The van der Waals surface area contributed by atoms with Crippen LogP contribution in [0.1, 0.15) is 35.3 Å². The van der Waals surface area contributed by atoms with E-state index < -0.39 is 6.04 Å². The molecule has 0 fully saturated rings. The van der Waals surface area contributed by atoms with Crippen LogP contribution < -0.4 is 5.32 Å². The molecule has 34 heavy (non-hydrogen) atoms. The lowest BCUT2D eigenvalue weighted by Gasteiger charge is -2.19. The fraction of sp³-hybridized carbons (Fsp3) is 0.250. The van der Waals surface area contributed by atoms with Crippen LogP contribution in [-0.4, -0.2) is 28.6 Å². The maximum Gasteiger partial charge on any atom is 0.329 e. The number of furan rings is 1. The van der Waals surface area contributed by atoms with Crippen LogP contribution >= 0.6 is 0 Å². The van der Waals surface area contributed by atoms with E-state index in [1.54, 1.807) is 13.1 Å². The van der Waals surface area contributed by atoms with Crippen molar-refractivity contribution in [1.29, 1.82) is 0 Å². The summed E-state index contributed by atoms with van der Waals surface area (Å²) in [5.41, 5.74) is 4.83. The molecule has 1 atom stereocenters.